The van der Waals surface area contributed by atoms with E-state index in [2.05, 4.69) is 0 Å². The maximum absolute atomic E-state index is 12.4. The zero-order valence-corrected chi connectivity index (χ0v) is 8.29. The third kappa shape index (κ3) is 2.73. The maximum atomic E-state index is 12.4. The third-order valence-electron chi connectivity index (χ3n) is 1.29. The molecule has 0 aromatic heterocycles. The largest absolute Gasteiger partial charge is 0.297 e. The first-order chi connectivity index (χ1) is 5.72. The molecule has 0 saturated heterocycles. The van der Waals surface area contributed by atoms with Gasteiger partial charge in [0.2, 0.25) is 0 Å². The first-order valence-electron chi connectivity index (χ1n) is 3.30. The van der Waals surface area contributed by atoms with E-state index in [0.29, 0.717) is 3.58 Å². The number of aldehydes is 1. The highest BCUT2D eigenvalue weighted by molar-refractivity contribution is 14.1. The fourth-order valence-corrected chi connectivity index (χ4v) is 1.11. The molecule has 0 unspecified atom stereocenters. The van der Waals surface area contributed by atoms with E-state index < -0.39 is 0 Å². The lowest BCUT2D eigenvalue weighted by Gasteiger charge is -1.92. The number of allylic oxidation sites excluding steroid dienone is 1. The van der Waals surface area contributed by atoms with Gasteiger partial charge in [-0.05, 0) is 46.4 Å². The van der Waals surface area contributed by atoms with Crippen LogP contribution < -0.4 is 0 Å². The van der Waals surface area contributed by atoms with Crippen molar-refractivity contribution in [2.75, 3.05) is 0 Å². The Balaban J connectivity index is 2.91. The van der Waals surface area contributed by atoms with Gasteiger partial charge < -0.3 is 0 Å². The Bertz CT molecular complexity index is 303. The van der Waals surface area contributed by atoms with Crippen LogP contribution in [0, 0.1) is 5.82 Å². The molecular weight excluding hydrogens is 270 g/mol. The van der Waals surface area contributed by atoms with Crippen molar-refractivity contribution in [3.05, 3.63) is 39.2 Å². The van der Waals surface area contributed by atoms with Crippen LogP contribution in [-0.4, -0.2) is 6.29 Å². The molecule has 0 heterocycles. The van der Waals surface area contributed by atoms with Gasteiger partial charge in [0.05, 0.1) is 3.58 Å². The van der Waals surface area contributed by atoms with Crippen LogP contribution >= 0.6 is 22.6 Å². The molecule has 0 aliphatic carbocycles. The minimum Gasteiger partial charge on any atom is -0.297 e. The van der Waals surface area contributed by atoms with Gasteiger partial charge in [-0.2, -0.15) is 0 Å². The van der Waals surface area contributed by atoms with Gasteiger partial charge in [-0.1, -0.05) is 12.1 Å². The van der Waals surface area contributed by atoms with Crippen LogP contribution in [0.25, 0.3) is 6.08 Å². The van der Waals surface area contributed by atoms with E-state index in [9.17, 15) is 9.18 Å². The highest BCUT2D eigenvalue weighted by Crippen LogP contribution is 2.10. The topological polar surface area (TPSA) is 17.1 Å². The van der Waals surface area contributed by atoms with E-state index in [-0.39, 0.29) is 5.82 Å². The fraction of sp³-hybridized carbons (Fsp3) is 0. The summed E-state index contributed by atoms with van der Waals surface area (Å²) in [7, 11) is 0. The summed E-state index contributed by atoms with van der Waals surface area (Å²) >= 11 is 1.92. The molecule has 0 aliphatic heterocycles. The standard InChI is InChI=1S/C9H6FIO/c10-8-3-1-7(2-4-8)5-9(11)6-12/h1-6H/b9-5-. The first kappa shape index (κ1) is 9.38. The molecule has 0 radical (unpaired) electrons. The molecule has 0 aliphatic rings. The predicted octanol–water partition coefficient (Wildman–Crippen LogP) is 2.80. The summed E-state index contributed by atoms with van der Waals surface area (Å²) in [6.45, 7) is 0. The lowest BCUT2D eigenvalue weighted by molar-refractivity contribution is -0.104. The van der Waals surface area contributed by atoms with E-state index in [1.807, 2.05) is 22.6 Å². The highest BCUT2D eigenvalue weighted by atomic mass is 127. The second-order valence-corrected chi connectivity index (χ2v) is 3.44. The average Bonchev–Trinajstić information content (AvgIpc) is 2.09. The summed E-state index contributed by atoms with van der Waals surface area (Å²) in [4.78, 5) is 10.2. The molecule has 0 spiro atoms. The smallest absolute Gasteiger partial charge is 0.156 e. The molecule has 0 N–H and O–H groups in total. The molecule has 1 rings (SSSR count). The van der Waals surface area contributed by atoms with Gasteiger partial charge in [0.25, 0.3) is 0 Å². The highest BCUT2D eigenvalue weighted by Gasteiger charge is 1.91. The summed E-state index contributed by atoms with van der Waals surface area (Å²) in [5.41, 5.74) is 0.827. The summed E-state index contributed by atoms with van der Waals surface area (Å²) in [6, 6.07) is 5.97. The monoisotopic (exact) mass is 276 g/mol. The summed E-state index contributed by atoms with van der Waals surface area (Å²) in [5, 5.41) is 0. The van der Waals surface area contributed by atoms with Crippen molar-refractivity contribution in [1.29, 1.82) is 0 Å². The molecule has 0 fully saturated rings. The molecule has 1 aromatic rings. The molecule has 0 saturated carbocycles. The van der Waals surface area contributed by atoms with Gasteiger partial charge >= 0.3 is 0 Å². The van der Waals surface area contributed by atoms with E-state index in [1.54, 1.807) is 18.2 Å². The van der Waals surface area contributed by atoms with E-state index in [1.165, 1.54) is 12.1 Å². The van der Waals surface area contributed by atoms with Crippen molar-refractivity contribution in [3.63, 3.8) is 0 Å². The number of carbonyl (C=O) groups excluding carboxylic acids is 1. The maximum Gasteiger partial charge on any atom is 0.156 e. The predicted molar refractivity (Wildman–Crippen MR) is 54.5 cm³/mol. The summed E-state index contributed by atoms with van der Waals surface area (Å²) < 4.78 is 13.0. The molecule has 0 amide bonds. The Morgan fingerprint density at radius 3 is 2.42 bits per heavy atom. The number of halogens is 2. The van der Waals surface area contributed by atoms with Gasteiger partial charge in [-0.15, -0.1) is 0 Å². The van der Waals surface area contributed by atoms with Crippen molar-refractivity contribution < 1.29 is 9.18 Å². The number of rotatable bonds is 2. The van der Waals surface area contributed by atoms with Crippen LogP contribution in [0.1, 0.15) is 5.56 Å². The number of hydrogen-bond donors (Lipinski definition) is 0. The molecule has 0 bridgehead atoms. The molecule has 1 aromatic carbocycles. The van der Waals surface area contributed by atoms with Gasteiger partial charge in [0, 0.05) is 0 Å². The Labute approximate surface area is 83.4 Å². The van der Waals surface area contributed by atoms with Crippen molar-refractivity contribution in [2.45, 2.75) is 0 Å². The Morgan fingerprint density at radius 2 is 1.92 bits per heavy atom. The van der Waals surface area contributed by atoms with Crippen molar-refractivity contribution in [1.82, 2.24) is 0 Å². The summed E-state index contributed by atoms with van der Waals surface area (Å²) in [5.74, 6) is -0.270. The third-order valence-corrected chi connectivity index (χ3v) is 1.85. The van der Waals surface area contributed by atoms with Crippen molar-refractivity contribution in [2.24, 2.45) is 0 Å². The lowest BCUT2D eigenvalue weighted by atomic mass is 10.2. The van der Waals surface area contributed by atoms with Gasteiger partial charge in [-0.25, -0.2) is 4.39 Å². The molecule has 62 valence electrons. The van der Waals surface area contributed by atoms with Crippen LogP contribution in [0.3, 0.4) is 0 Å². The van der Waals surface area contributed by atoms with Gasteiger partial charge in [-0.3, -0.25) is 4.79 Å². The van der Waals surface area contributed by atoms with Gasteiger partial charge in [0.15, 0.2) is 6.29 Å². The van der Waals surface area contributed by atoms with Crippen LogP contribution in [0.2, 0.25) is 0 Å². The number of carbonyl (C=O) groups is 1. The van der Waals surface area contributed by atoms with Gasteiger partial charge in [0.1, 0.15) is 5.82 Å². The summed E-state index contributed by atoms with van der Waals surface area (Å²) in [6.07, 6.45) is 2.44. The molecule has 1 nitrogen and oxygen atoms in total. The Hall–Kier alpha value is -0.710. The Kier molecular flexibility index (Phi) is 3.40. The van der Waals surface area contributed by atoms with E-state index in [4.69, 9.17) is 0 Å². The zero-order chi connectivity index (χ0) is 8.97. The SMILES string of the molecule is O=C/C(I)=C/c1ccc(F)cc1. The quantitative estimate of drug-likeness (QED) is 0.461. The molecule has 3 heteroatoms. The number of benzene rings is 1. The minimum atomic E-state index is -0.270. The van der Waals surface area contributed by atoms with Crippen molar-refractivity contribution in [3.8, 4) is 0 Å². The number of hydrogen-bond acceptors (Lipinski definition) is 1. The van der Waals surface area contributed by atoms with Crippen molar-refractivity contribution >= 4 is 35.0 Å². The lowest BCUT2D eigenvalue weighted by Crippen LogP contribution is -1.76. The van der Waals surface area contributed by atoms with Crippen LogP contribution in [0.15, 0.2) is 27.8 Å². The molecule has 0 atom stereocenters. The Morgan fingerprint density at radius 1 is 1.33 bits per heavy atom. The van der Waals surface area contributed by atoms with E-state index in [0.717, 1.165) is 11.8 Å². The van der Waals surface area contributed by atoms with E-state index >= 15 is 0 Å². The molecular formula is C9H6FIO. The first-order valence-corrected chi connectivity index (χ1v) is 4.38. The minimum absolute atomic E-state index is 0.270. The van der Waals surface area contributed by atoms with Crippen LogP contribution in [-0.2, 0) is 4.79 Å². The van der Waals surface area contributed by atoms with Crippen LogP contribution in [0.5, 0.6) is 0 Å². The molecule has 12 heavy (non-hydrogen) atoms. The fourth-order valence-electron chi connectivity index (χ4n) is 0.752. The average molecular weight is 276 g/mol. The second-order valence-electron chi connectivity index (χ2n) is 2.20. The normalized spacial score (nSPS) is 11.3. The zero-order valence-electron chi connectivity index (χ0n) is 6.13. The second kappa shape index (κ2) is 4.35. The van der Waals surface area contributed by atoms with Crippen LogP contribution in [0.4, 0.5) is 4.39 Å².